The highest BCUT2D eigenvalue weighted by atomic mass is 32.2. The molecule has 1 atom stereocenters. The first-order valence-electron chi connectivity index (χ1n) is 4.97. The highest BCUT2D eigenvalue weighted by Gasteiger charge is 2.10. The average Bonchev–Trinajstić information content (AvgIpc) is 2.62. The maximum Gasteiger partial charge on any atom is 0.313 e. The molecule has 0 spiro atoms. The van der Waals surface area contributed by atoms with E-state index in [0.29, 0.717) is 18.3 Å². The maximum atomic E-state index is 10.4. The van der Waals surface area contributed by atoms with Crippen molar-refractivity contribution in [2.24, 2.45) is 0 Å². The van der Waals surface area contributed by atoms with Gasteiger partial charge in [-0.05, 0) is 13.8 Å². The molecule has 0 aliphatic heterocycles. The van der Waals surface area contributed by atoms with Gasteiger partial charge in [0, 0.05) is 6.61 Å². The quantitative estimate of drug-likeness (QED) is 0.718. The van der Waals surface area contributed by atoms with Crippen LogP contribution in [0.3, 0.4) is 0 Å². The number of aliphatic carboxylic acids is 1. The van der Waals surface area contributed by atoms with Gasteiger partial charge in [-0.15, -0.1) is 10.2 Å². The van der Waals surface area contributed by atoms with E-state index in [0.717, 1.165) is 11.8 Å². The molecular weight excluding hydrogens is 230 g/mol. The summed E-state index contributed by atoms with van der Waals surface area (Å²) in [6.07, 6.45) is 1.64. The molecule has 90 valence electrons. The van der Waals surface area contributed by atoms with Gasteiger partial charge in [0.05, 0.1) is 18.4 Å². The van der Waals surface area contributed by atoms with Gasteiger partial charge in [-0.3, -0.25) is 4.79 Å². The predicted molar refractivity (Wildman–Crippen MR) is 59.5 cm³/mol. The lowest BCUT2D eigenvalue weighted by Crippen LogP contribution is -2.16. The van der Waals surface area contributed by atoms with Crippen LogP contribution >= 0.6 is 11.8 Å². The molecule has 1 heterocycles. The van der Waals surface area contributed by atoms with Crippen molar-refractivity contribution in [3.05, 3.63) is 6.33 Å². The van der Waals surface area contributed by atoms with E-state index >= 15 is 0 Å². The van der Waals surface area contributed by atoms with Crippen molar-refractivity contribution in [2.75, 3.05) is 12.4 Å². The molecule has 0 amide bonds. The fourth-order valence-corrected chi connectivity index (χ4v) is 1.87. The molecular formula is C9H15N3O3S. The van der Waals surface area contributed by atoms with Crippen LogP contribution < -0.4 is 0 Å². The molecule has 16 heavy (non-hydrogen) atoms. The number of carbonyl (C=O) groups is 1. The zero-order chi connectivity index (χ0) is 12.0. The Hall–Kier alpha value is -1.08. The van der Waals surface area contributed by atoms with E-state index in [2.05, 4.69) is 10.2 Å². The Kier molecular flexibility index (Phi) is 5.27. The van der Waals surface area contributed by atoms with Gasteiger partial charge in [-0.1, -0.05) is 11.8 Å². The van der Waals surface area contributed by atoms with Crippen LogP contribution in [0, 0.1) is 0 Å². The smallest absolute Gasteiger partial charge is 0.313 e. The van der Waals surface area contributed by atoms with E-state index < -0.39 is 5.97 Å². The number of carboxylic acids is 1. The fourth-order valence-electron chi connectivity index (χ4n) is 1.22. The Bertz CT molecular complexity index is 342. The number of carboxylic acid groups (broad SMARTS) is 1. The van der Waals surface area contributed by atoms with Gasteiger partial charge in [0.1, 0.15) is 6.33 Å². The van der Waals surface area contributed by atoms with Gasteiger partial charge in [0.2, 0.25) is 0 Å². The number of hydrogen-bond acceptors (Lipinski definition) is 5. The van der Waals surface area contributed by atoms with E-state index in [1.807, 2.05) is 13.8 Å². The molecule has 0 aliphatic rings. The monoisotopic (exact) mass is 245 g/mol. The second-order valence-electron chi connectivity index (χ2n) is 3.21. The molecule has 0 saturated carbocycles. The van der Waals surface area contributed by atoms with Crippen LogP contribution in [0.15, 0.2) is 11.5 Å². The number of aromatic nitrogens is 3. The highest BCUT2D eigenvalue weighted by molar-refractivity contribution is 7.99. The van der Waals surface area contributed by atoms with Crippen LogP contribution in [0.25, 0.3) is 0 Å². The molecule has 1 aromatic heterocycles. The molecule has 0 radical (unpaired) electrons. The van der Waals surface area contributed by atoms with Crippen molar-refractivity contribution in [3.63, 3.8) is 0 Å². The summed E-state index contributed by atoms with van der Waals surface area (Å²) in [6, 6.07) is 0. The first-order chi connectivity index (χ1) is 7.63. The number of hydrogen-bond donors (Lipinski definition) is 1. The Morgan fingerprint density at radius 2 is 2.50 bits per heavy atom. The van der Waals surface area contributed by atoms with Gasteiger partial charge in [0.25, 0.3) is 0 Å². The van der Waals surface area contributed by atoms with Crippen molar-refractivity contribution in [1.29, 1.82) is 0 Å². The van der Waals surface area contributed by atoms with Crippen molar-refractivity contribution in [2.45, 2.75) is 31.7 Å². The maximum absolute atomic E-state index is 10.4. The minimum absolute atomic E-state index is 0.0122. The zero-order valence-electron chi connectivity index (χ0n) is 9.29. The van der Waals surface area contributed by atoms with Crippen molar-refractivity contribution in [3.8, 4) is 0 Å². The Morgan fingerprint density at radius 1 is 1.75 bits per heavy atom. The number of thioether (sulfide) groups is 1. The second-order valence-corrected chi connectivity index (χ2v) is 4.16. The van der Waals surface area contributed by atoms with Crippen LogP contribution in [-0.4, -0.2) is 44.3 Å². The molecule has 6 nitrogen and oxygen atoms in total. The second kappa shape index (κ2) is 6.49. The van der Waals surface area contributed by atoms with Crippen molar-refractivity contribution >= 4 is 17.7 Å². The van der Waals surface area contributed by atoms with Crippen molar-refractivity contribution < 1.29 is 14.6 Å². The van der Waals surface area contributed by atoms with E-state index in [4.69, 9.17) is 9.84 Å². The van der Waals surface area contributed by atoms with Gasteiger partial charge >= 0.3 is 5.97 Å². The molecule has 1 rings (SSSR count). The largest absolute Gasteiger partial charge is 0.481 e. The van der Waals surface area contributed by atoms with E-state index in [-0.39, 0.29) is 11.9 Å². The summed E-state index contributed by atoms with van der Waals surface area (Å²) in [5.41, 5.74) is 0. The summed E-state index contributed by atoms with van der Waals surface area (Å²) in [7, 11) is 0. The normalized spacial score (nSPS) is 12.6. The average molecular weight is 245 g/mol. The van der Waals surface area contributed by atoms with Gasteiger partial charge < -0.3 is 14.4 Å². The molecule has 0 bridgehead atoms. The third-order valence-electron chi connectivity index (χ3n) is 1.81. The molecule has 1 N–H and O–H groups in total. The first kappa shape index (κ1) is 13.0. The van der Waals surface area contributed by atoms with E-state index in [9.17, 15) is 4.79 Å². The third-order valence-corrected chi connectivity index (χ3v) is 2.78. The summed E-state index contributed by atoms with van der Waals surface area (Å²) >= 11 is 1.16. The SMILES string of the molecule is CCOC(C)Cn1cnnc1SCC(=O)O. The number of rotatable bonds is 7. The third kappa shape index (κ3) is 4.19. The Labute approximate surface area is 98.0 Å². The summed E-state index contributed by atoms with van der Waals surface area (Å²) in [6.45, 7) is 5.17. The van der Waals surface area contributed by atoms with Crippen LogP contribution in [0.5, 0.6) is 0 Å². The lowest BCUT2D eigenvalue weighted by atomic mass is 10.4. The van der Waals surface area contributed by atoms with Crippen LogP contribution in [0.2, 0.25) is 0 Å². The van der Waals surface area contributed by atoms with Crippen molar-refractivity contribution in [1.82, 2.24) is 14.8 Å². The van der Waals surface area contributed by atoms with E-state index in [1.54, 1.807) is 10.9 Å². The Balaban J connectivity index is 2.52. The summed E-state index contributed by atoms with van der Waals surface area (Å²) in [5.74, 6) is -0.876. The lowest BCUT2D eigenvalue weighted by molar-refractivity contribution is -0.133. The van der Waals surface area contributed by atoms with Gasteiger partial charge in [-0.25, -0.2) is 0 Å². The zero-order valence-corrected chi connectivity index (χ0v) is 10.1. The summed E-state index contributed by atoms with van der Waals surface area (Å²) < 4.78 is 7.19. The number of nitrogens with zero attached hydrogens (tertiary/aromatic N) is 3. The summed E-state index contributed by atoms with van der Waals surface area (Å²) in [4.78, 5) is 10.4. The van der Waals surface area contributed by atoms with Crippen LogP contribution in [-0.2, 0) is 16.1 Å². The van der Waals surface area contributed by atoms with Crippen LogP contribution in [0.1, 0.15) is 13.8 Å². The van der Waals surface area contributed by atoms with E-state index in [1.165, 1.54) is 0 Å². The number of ether oxygens (including phenoxy) is 1. The molecule has 0 aromatic carbocycles. The summed E-state index contributed by atoms with van der Waals surface area (Å²) in [5, 5.41) is 16.8. The minimum atomic E-state index is -0.864. The van der Waals surface area contributed by atoms with Gasteiger partial charge in [-0.2, -0.15) is 0 Å². The molecule has 0 aliphatic carbocycles. The topological polar surface area (TPSA) is 77.2 Å². The molecule has 7 heteroatoms. The fraction of sp³-hybridized carbons (Fsp3) is 0.667. The molecule has 1 unspecified atom stereocenters. The van der Waals surface area contributed by atoms with Crippen LogP contribution in [0.4, 0.5) is 0 Å². The lowest BCUT2D eigenvalue weighted by Gasteiger charge is -2.12. The molecule has 1 aromatic rings. The Morgan fingerprint density at radius 3 is 3.12 bits per heavy atom. The van der Waals surface area contributed by atoms with Gasteiger partial charge in [0.15, 0.2) is 5.16 Å². The highest BCUT2D eigenvalue weighted by Crippen LogP contribution is 2.14. The molecule has 0 fully saturated rings. The minimum Gasteiger partial charge on any atom is -0.481 e. The predicted octanol–water partition coefficient (Wildman–Crippen LogP) is 0.880. The first-order valence-corrected chi connectivity index (χ1v) is 5.96. The standard InChI is InChI=1S/C9H15N3O3S/c1-3-15-7(2)4-12-6-10-11-9(12)16-5-8(13)14/h6-7H,3-5H2,1-2H3,(H,13,14). The molecule has 0 saturated heterocycles.